The van der Waals surface area contributed by atoms with E-state index in [4.69, 9.17) is 29.6 Å². The van der Waals surface area contributed by atoms with Crippen LogP contribution < -0.4 is 5.73 Å². The molecule has 142 valence electrons. The second kappa shape index (κ2) is 8.90. The summed E-state index contributed by atoms with van der Waals surface area (Å²) in [5.41, 5.74) is 4.60. The molecule has 0 saturated carbocycles. The smallest absolute Gasteiger partial charge is 0.392 e. The number of rotatable bonds is 8. The number of thiocarbonyl (C=S) groups is 1. The Morgan fingerprint density at radius 1 is 1.40 bits per heavy atom. The molecule has 1 aromatic rings. The van der Waals surface area contributed by atoms with Crippen LogP contribution in [0.25, 0.3) is 0 Å². The van der Waals surface area contributed by atoms with Crippen LogP contribution in [0.3, 0.4) is 0 Å². The summed E-state index contributed by atoms with van der Waals surface area (Å²) in [5.74, 6) is -0.402. The van der Waals surface area contributed by atoms with Gasteiger partial charge in [-0.05, 0) is 17.7 Å². The van der Waals surface area contributed by atoms with Crippen molar-refractivity contribution in [2.75, 3.05) is 12.4 Å². The molecule has 0 aliphatic heterocycles. The highest BCUT2D eigenvalue weighted by Gasteiger charge is 2.31. The third kappa shape index (κ3) is 7.30. The number of hydrogen-bond acceptors (Lipinski definition) is 4. The van der Waals surface area contributed by atoms with E-state index in [-0.39, 0.29) is 33.2 Å². The maximum absolute atomic E-state index is 12.7. The van der Waals surface area contributed by atoms with Gasteiger partial charge in [-0.25, -0.2) is 8.42 Å². The molecule has 1 rings (SSSR count). The minimum Gasteiger partial charge on any atom is -0.392 e. The van der Waals surface area contributed by atoms with Crippen LogP contribution >= 0.6 is 35.6 Å². The fourth-order valence-electron chi connectivity index (χ4n) is 1.76. The van der Waals surface area contributed by atoms with Gasteiger partial charge in [-0.15, -0.1) is 11.8 Å². The number of sulfonamides is 1. The first-order valence-corrected chi connectivity index (χ1v) is 10.5. The van der Waals surface area contributed by atoms with E-state index >= 15 is 0 Å². The molecule has 2 N–H and O–H groups in total. The predicted molar refractivity (Wildman–Crippen MR) is 100 cm³/mol. The van der Waals surface area contributed by atoms with Crippen molar-refractivity contribution >= 4 is 50.6 Å². The molecule has 0 amide bonds. The molecule has 0 unspecified atom stereocenters. The molecular formula is C14H18ClF3N2O2S3. The van der Waals surface area contributed by atoms with Gasteiger partial charge in [0.1, 0.15) is 0 Å². The first-order valence-electron chi connectivity index (χ1n) is 7.06. The van der Waals surface area contributed by atoms with Crippen molar-refractivity contribution in [3.05, 3.63) is 34.3 Å². The van der Waals surface area contributed by atoms with Gasteiger partial charge in [0, 0.05) is 10.3 Å². The summed E-state index contributed by atoms with van der Waals surface area (Å²) in [6, 6.07) is 2.59. The highest BCUT2D eigenvalue weighted by atomic mass is 35.5. The number of thioether (sulfide) groups is 1. The molecule has 0 spiro atoms. The van der Waals surface area contributed by atoms with E-state index in [1.807, 2.05) is 13.8 Å². The van der Waals surface area contributed by atoms with E-state index < -0.39 is 27.5 Å². The molecule has 0 aromatic heterocycles. The lowest BCUT2D eigenvalue weighted by Crippen LogP contribution is -2.38. The average Bonchev–Trinajstić information content (AvgIpc) is 2.43. The number of hydrogen-bond donors (Lipinski definition) is 1. The minimum atomic E-state index is -4.55. The first-order chi connectivity index (χ1) is 11.3. The molecule has 0 atom stereocenters. The zero-order valence-corrected chi connectivity index (χ0v) is 16.7. The Balaban J connectivity index is 3.05. The molecule has 1 aromatic carbocycles. The maximum Gasteiger partial charge on any atom is 0.416 e. The van der Waals surface area contributed by atoms with Gasteiger partial charge in [0.05, 0.1) is 28.7 Å². The number of nitrogens with zero attached hydrogens (tertiary/aromatic N) is 1. The zero-order chi connectivity index (χ0) is 19.4. The molecule has 0 heterocycles. The highest BCUT2D eigenvalue weighted by molar-refractivity contribution is 8.00. The molecule has 0 radical (unpaired) electrons. The van der Waals surface area contributed by atoms with Crippen LogP contribution in [0.5, 0.6) is 0 Å². The van der Waals surface area contributed by atoms with E-state index in [0.717, 1.165) is 16.4 Å². The summed E-state index contributed by atoms with van der Waals surface area (Å²) in [6.07, 6.45) is -4.55. The van der Waals surface area contributed by atoms with Crippen LogP contribution in [-0.4, -0.2) is 35.4 Å². The number of halogens is 4. The Hall–Kier alpha value is -0.550. The summed E-state index contributed by atoms with van der Waals surface area (Å²) in [4.78, 5) is 0.00597. The fourth-order valence-corrected chi connectivity index (χ4v) is 4.87. The number of nitrogens with two attached hydrogens (primary N) is 1. The predicted octanol–water partition coefficient (Wildman–Crippen LogP) is 3.88. The Kier molecular flexibility index (Phi) is 8.00. The van der Waals surface area contributed by atoms with Crippen LogP contribution in [-0.2, 0) is 22.0 Å². The lowest BCUT2D eigenvalue weighted by Gasteiger charge is -2.22. The molecule has 0 aliphatic rings. The lowest BCUT2D eigenvalue weighted by atomic mass is 10.1. The second-order valence-electron chi connectivity index (χ2n) is 5.48. The van der Waals surface area contributed by atoms with Gasteiger partial charge in [-0.1, -0.05) is 43.7 Å². The Bertz CT molecular complexity index is 725. The van der Waals surface area contributed by atoms with E-state index in [0.29, 0.717) is 6.07 Å². The summed E-state index contributed by atoms with van der Waals surface area (Å²) in [5, 5.41) is -0.0797. The van der Waals surface area contributed by atoms with E-state index in [2.05, 4.69) is 0 Å². The van der Waals surface area contributed by atoms with Crippen LogP contribution in [0.15, 0.2) is 18.2 Å². The van der Waals surface area contributed by atoms with Crippen molar-refractivity contribution in [1.82, 2.24) is 4.31 Å². The van der Waals surface area contributed by atoms with Gasteiger partial charge in [-0.2, -0.15) is 17.5 Å². The second-order valence-corrected chi connectivity index (χ2v) is 9.92. The Morgan fingerprint density at radius 2 is 2.00 bits per heavy atom. The van der Waals surface area contributed by atoms with Crippen molar-refractivity contribution in [2.24, 2.45) is 5.73 Å². The summed E-state index contributed by atoms with van der Waals surface area (Å²) >= 11 is 12.0. The standard InChI is InChI=1S/C14H18ClF3N2O2S3/c1-9(2)24-8-20(6-13(19)23)25(21,22)7-10-3-4-11(5-12(10)15)14(16,17)18/h3-5,9H,6-8H2,1-2H3,(H2,19,23). The molecule has 0 saturated heterocycles. The number of benzene rings is 1. The van der Waals surface area contributed by atoms with Crippen molar-refractivity contribution in [2.45, 2.75) is 31.0 Å². The van der Waals surface area contributed by atoms with Crippen LogP contribution in [0, 0.1) is 0 Å². The largest absolute Gasteiger partial charge is 0.416 e. The topological polar surface area (TPSA) is 63.4 Å². The van der Waals surface area contributed by atoms with Gasteiger partial charge in [0.15, 0.2) is 0 Å². The lowest BCUT2D eigenvalue weighted by molar-refractivity contribution is -0.137. The molecule has 11 heteroatoms. The van der Waals surface area contributed by atoms with Crippen LogP contribution in [0.4, 0.5) is 13.2 Å². The normalized spacial score (nSPS) is 12.8. The molecule has 25 heavy (non-hydrogen) atoms. The quantitative estimate of drug-likeness (QED) is 0.497. The van der Waals surface area contributed by atoms with Gasteiger partial charge in [-0.3, -0.25) is 0 Å². The van der Waals surface area contributed by atoms with Gasteiger partial charge >= 0.3 is 6.18 Å². The summed E-state index contributed by atoms with van der Waals surface area (Å²) in [6.45, 7) is 3.67. The SMILES string of the molecule is CC(C)SCN(CC(N)=S)S(=O)(=O)Cc1ccc(C(F)(F)F)cc1Cl. The van der Waals surface area contributed by atoms with Crippen LogP contribution in [0.2, 0.25) is 5.02 Å². The van der Waals surface area contributed by atoms with E-state index in [1.54, 1.807) is 0 Å². The van der Waals surface area contributed by atoms with E-state index in [1.165, 1.54) is 11.8 Å². The van der Waals surface area contributed by atoms with Crippen LogP contribution in [0.1, 0.15) is 25.0 Å². The van der Waals surface area contributed by atoms with E-state index in [9.17, 15) is 21.6 Å². The Labute approximate surface area is 159 Å². The molecule has 0 aliphatic carbocycles. The minimum absolute atomic E-state index is 0.00597. The van der Waals surface area contributed by atoms with Crippen molar-refractivity contribution in [3.63, 3.8) is 0 Å². The van der Waals surface area contributed by atoms with Crippen molar-refractivity contribution in [3.8, 4) is 0 Å². The highest BCUT2D eigenvalue weighted by Crippen LogP contribution is 2.32. The molecule has 0 fully saturated rings. The van der Waals surface area contributed by atoms with Crippen molar-refractivity contribution < 1.29 is 21.6 Å². The monoisotopic (exact) mass is 434 g/mol. The van der Waals surface area contributed by atoms with Crippen molar-refractivity contribution in [1.29, 1.82) is 0 Å². The molecular weight excluding hydrogens is 417 g/mol. The fraction of sp³-hybridized carbons (Fsp3) is 0.500. The summed E-state index contributed by atoms with van der Waals surface area (Å²) < 4.78 is 64.3. The summed E-state index contributed by atoms with van der Waals surface area (Å²) in [7, 11) is -3.86. The van der Waals surface area contributed by atoms with Gasteiger partial charge in [0.25, 0.3) is 0 Å². The van der Waals surface area contributed by atoms with Gasteiger partial charge < -0.3 is 5.73 Å². The maximum atomic E-state index is 12.7. The van der Waals surface area contributed by atoms with Gasteiger partial charge in [0.2, 0.25) is 10.0 Å². The first kappa shape index (κ1) is 22.5. The number of alkyl halides is 3. The Morgan fingerprint density at radius 3 is 2.44 bits per heavy atom. The average molecular weight is 435 g/mol. The zero-order valence-electron chi connectivity index (χ0n) is 13.5. The third-order valence-corrected chi connectivity index (χ3v) is 6.49. The molecule has 0 bridgehead atoms. The third-order valence-electron chi connectivity index (χ3n) is 3.00. The molecule has 4 nitrogen and oxygen atoms in total.